The van der Waals surface area contributed by atoms with Gasteiger partial charge in [0, 0.05) is 86.9 Å². The highest BCUT2D eigenvalue weighted by atomic mass is 32.2. The van der Waals surface area contributed by atoms with Crippen molar-refractivity contribution in [1.29, 1.82) is 0 Å². The molecule has 25 heteroatoms. The summed E-state index contributed by atoms with van der Waals surface area (Å²) in [5, 5.41) is 1.24. The Morgan fingerprint density at radius 1 is 0.724 bits per heavy atom. The van der Waals surface area contributed by atoms with Crippen LogP contribution in [0.1, 0.15) is 74.3 Å². The predicted molar refractivity (Wildman–Crippen MR) is 272 cm³/mol. The Balaban J connectivity index is 0.900. The fraction of sp³-hybridized carbons (Fsp3) is 0.294. The molecule has 3 aliphatic heterocycles. The highest BCUT2D eigenvalue weighted by Crippen LogP contribution is 2.38. The summed E-state index contributed by atoms with van der Waals surface area (Å²) >= 11 is 0. The van der Waals surface area contributed by atoms with Crippen LogP contribution >= 0.6 is 0 Å². The summed E-state index contributed by atoms with van der Waals surface area (Å²) in [5.74, 6) is -6.06. The normalized spacial score (nSPS) is 15.6. The van der Waals surface area contributed by atoms with E-state index in [4.69, 9.17) is 10.6 Å². The zero-order valence-corrected chi connectivity index (χ0v) is 43.5. The Morgan fingerprint density at radius 2 is 1.30 bits per heavy atom. The number of hydrogen-bond donors (Lipinski definition) is 2. The van der Waals surface area contributed by atoms with Crippen molar-refractivity contribution in [3.05, 3.63) is 119 Å². The fourth-order valence-electron chi connectivity index (χ4n) is 9.82. The number of imide groups is 2. The summed E-state index contributed by atoms with van der Waals surface area (Å²) in [4.78, 5) is 99.2. The molecule has 1 aromatic heterocycles. The van der Waals surface area contributed by atoms with E-state index in [0.717, 1.165) is 11.6 Å². The highest BCUT2D eigenvalue weighted by molar-refractivity contribution is 7.89. The number of pyridine rings is 1. The number of aryl methyl sites for hydroxylation is 3. The molecule has 3 aliphatic rings. The Labute approximate surface area is 436 Å². The molecule has 0 radical (unpaired) electrons. The van der Waals surface area contributed by atoms with Crippen molar-refractivity contribution in [2.24, 2.45) is 0 Å². The number of anilines is 1. The summed E-state index contributed by atoms with van der Waals surface area (Å²) in [6.07, 6.45) is -0.845. The fourth-order valence-corrected chi connectivity index (χ4v) is 13.4. The van der Waals surface area contributed by atoms with Crippen LogP contribution < -0.4 is 10.3 Å². The second-order valence-electron chi connectivity index (χ2n) is 18.6. The minimum Gasteiger partial charge on any atom is -0.397 e. The van der Waals surface area contributed by atoms with Gasteiger partial charge in [-0.05, 0) is 68.3 Å². The zero-order valence-electron chi connectivity index (χ0n) is 41.0. The number of nitrogen functional groups attached to an aromatic ring is 1. The van der Waals surface area contributed by atoms with Crippen LogP contribution in [-0.4, -0.2) is 140 Å². The zero-order chi connectivity index (χ0) is 54.6. The molecule has 3 N–H and O–H groups in total. The second-order valence-corrected chi connectivity index (χ2v) is 23.9. The van der Waals surface area contributed by atoms with E-state index in [9.17, 15) is 58.6 Å². The third kappa shape index (κ3) is 9.98. The van der Waals surface area contributed by atoms with Gasteiger partial charge in [0.15, 0.2) is 6.54 Å². The van der Waals surface area contributed by atoms with Gasteiger partial charge >= 0.3 is 5.97 Å². The number of amides is 6. The van der Waals surface area contributed by atoms with Crippen LogP contribution in [0.4, 0.5) is 5.69 Å². The number of nitrogens with two attached hydrogens (primary N) is 1. The monoisotopic (exact) mass is 1100 g/mol. The SMILES string of the molecule is Cc1ccc(S(=O)(=O)N(CCCC(=O)ON2C(=O)CCC2=O)C(=O)c2c3ccccc3[n+](CCCS(=O)(=O)N3CCN(C(=O)CN4C(=O)c5cc(C)cc6c(N)c(S(=O)(=O)O)cc(c56)C4=O)CC3)c3ccccc23)cc1. The maximum absolute atomic E-state index is 15.0. The average molecular weight is 1100 g/mol. The summed E-state index contributed by atoms with van der Waals surface area (Å²) in [6, 6.07) is 23.2. The number of nitrogens with zero attached hydrogens (tertiary/aromatic N) is 6. The third-order valence-electron chi connectivity index (χ3n) is 13.6. The maximum Gasteiger partial charge on any atom is 0.333 e. The Morgan fingerprint density at radius 3 is 1.89 bits per heavy atom. The van der Waals surface area contributed by atoms with E-state index in [1.807, 2.05) is 4.57 Å². The first-order valence-corrected chi connectivity index (χ1v) is 28.5. The van der Waals surface area contributed by atoms with Gasteiger partial charge in [0.1, 0.15) is 11.4 Å². The molecule has 0 atom stereocenters. The molecule has 76 heavy (non-hydrogen) atoms. The summed E-state index contributed by atoms with van der Waals surface area (Å²) in [5.41, 5.74) is 7.73. The number of hydroxylamine groups is 2. The van der Waals surface area contributed by atoms with Crippen molar-refractivity contribution < 1.29 is 72.8 Å². The Hall–Kier alpha value is -7.71. The number of rotatable bonds is 16. The lowest BCUT2D eigenvalue weighted by Crippen LogP contribution is -2.54. The Kier molecular flexibility index (Phi) is 14.3. The number of sulfonamides is 2. The van der Waals surface area contributed by atoms with Gasteiger partial charge in [-0.15, -0.1) is 5.06 Å². The van der Waals surface area contributed by atoms with Crippen LogP contribution in [0.5, 0.6) is 0 Å². The molecule has 396 valence electrons. The second kappa shape index (κ2) is 20.4. The summed E-state index contributed by atoms with van der Waals surface area (Å²) in [6.45, 7) is 1.91. The van der Waals surface area contributed by atoms with E-state index in [2.05, 4.69) is 0 Å². The van der Waals surface area contributed by atoms with E-state index in [0.29, 0.717) is 41.6 Å². The van der Waals surface area contributed by atoms with Crippen LogP contribution in [-0.2, 0) is 60.7 Å². The van der Waals surface area contributed by atoms with Crippen molar-refractivity contribution in [1.82, 2.24) is 23.5 Å². The van der Waals surface area contributed by atoms with Crippen LogP contribution in [0.3, 0.4) is 0 Å². The average Bonchev–Trinajstić information content (AvgIpc) is 3.70. The van der Waals surface area contributed by atoms with Gasteiger partial charge in [-0.3, -0.25) is 38.2 Å². The molecule has 6 aromatic rings. The first kappa shape index (κ1) is 53.1. The molecule has 4 heterocycles. The van der Waals surface area contributed by atoms with Crippen LogP contribution in [0.2, 0.25) is 0 Å². The van der Waals surface area contributed by atoms with Crippen molar-refractivity contribution in [2.45, 2.75) is 62.3 Å². The van der Waals surface area contributed by atoms with Crippen LogP contribution in [0, 0.1) is 13.8 Å². The van der Waals surface area contributed by atoms with Crippen LogP contribution in [0.25, 0.3) is 32.6 Å². The quantitative estimate of drug-likeness (QED) is 0.0462. The standard InChI is InChI=1S/C51H49N7O15S3/c1-31-14-16-33(17-15-31)75(68,69)57(21-7-13-45(62)73-58-42(59)18-19-43(58)60)51(65)47-34-9-3-5-11-39(34)55(40-12-6-4-10-35(40)47)20-8-26-74(66,67)54-24-22-53(23-25-54)44(61)30-56-49(63)37-28-32(2)27-36-46(37)38(50(56)64)29-41(48(36)52)76(70,71)72/h3-6,9-12,14-17,27-29H,7-8,13,18-26,30H2,1-2H3,(H2-,52,63,64,70,71,72)/p+1. The summed E-state index contributed by atoms with van der Waals surface area (Å²) in [7, 11) is -13.4. The molecular formula is C51H50N7O15S3+. The van der Waals surface area contributed by atoms with Gasteiger partial charge in [-0.1, -0.05) is 42.0 Å². The minimum absolute atomic E-state index is 0.00485. The molecular weight excluding hydrogens is 1050 g/mol. The number of benzene rings is 5. The van der Waals surface area contributed by atoms with E-state index in [1.54, 1.807) is 74.5 Å². The molecule has 0 saturated carbocycles. The lowest BCUT2D eigenvalue weighted by molar-refractivity contribution is -0.645. The van der Waals surface area contributed by atoms with Gasteiger partial charge < -0.3 is 15.5 Å². The number of carbonyl (C=O) groups is 7. The third-order valence-corrected chi connectivity index (χ3v) is 18.2. The number of piperazine rings is 1. The number of hydrogen-bond acceptors (Lipinski definition) is 15. The van der Waals surface area contributed by atoms with Gasteiger partial charge in [0.25, 0.3) is 49.7 Å². The van der Waals surface area contributed by atoms with Gasteiger partial charge in [-0.2, -0.15) is 17.3 Å². The predicted octanol–water partition coefficient (Wildman–Crippen LogP) is 3.26. The first-order valence-electron chi connectivity index (χ1n) is 24.0. The molecule has 5 aromatic carbocycles. The molecule has 6 amide bonds. The van der Waals surface area contributed by atoms with Crippen LogP contribution in [0.15, 0.2) is 101 Å². The van der Waals surface area contributed by atoms with Crippen molar-refractivity contribution in [3.8, 4) is 0 Å². The molecule has 0 aliphatic carbocycles. The molecule has 22 nitrogen and oxygen atoms in total. The number of fused-ring (bicyclic) bond motifs is 2. The van der Waals surface area contributed by atoms with Crippen molar-refractivity contribution >= 4 is 110 Å². The van der Waals surface area contributed by atoms with E-state index < -0.39 is 96.0 Å². The lowest BCUT2D eigenvalue weighted by atomic mass is 9.91. The molecule has 2 saturated heterocycles. The smallest absolute Gasteiger partial charge is 0.333 e. The van der Waals surface area contributed by atoms with E-state index in [1.165, 1.54) is 33.5 Å². The minimum atomic E-state index is -4.90. The number of para-hydroxylation sites is 2. The van der Waals surface area contributed by atoms with Gasteiger partial charge in [0.05, 0.1) is 38.2 Å². The molecule has 0 bridgehead atoms. The lowest BCUT2D eigenvalue weighted by Gasteiger charge is -2.35. The maximum atomic E-state index is 15.0. The topological polar surface area (TPSA) is 297 Å². The van der Waals surface area contributed by atoms with Gasteiger partial charge in [0.2, 0.25) is 27.0 Å². The van der Waals surface area contributed by atoms with Gasteiger partial charge in [-0.25, -0.2) is 25.9 Å². The number of aromatic nitrogens is 1. The van der Waals surface area contributed by atoms with Crippen molar-refractivity contribution in [3.63, 3.8) is 0 Å². The van der Waals surface area contributed by atoms with Crippen molar-refractivity contribution in [2.75, 3.05) is 50.8 Å². The summed E-state index contributed by atoms with van der Waals surface area (Å²) < 4.78 is 94.8. The molecule has 2 fully saturated rings. The molecule has 0 spiro atoms. The first-order chi connectivity index (χ1) is 36.0. The molecule has 0 unspecified atom stereocenters. The Bertz CT molecular complexity index is 3770. The van der Waals surface area contributed by atoms with E-state index in [-0.39, 0.29) is 102 Å². The molecule has 9 rings (SSSR count). The highest BCUT2D eigenvalue weighted by Gasteiger charge is 2.40. The largest absolute Gasteiger partial charge is 0.397 e. The number of carbonyl (C=O) groups excluding carboxylic acids is 7. The van der Waals surface area contributed by atoms with E-state index >= 15 is 4.79 Å².